The van der Waals surface area contributed by atoms with E-state index in [2.05, 4.69) is 4.74 Å². The third-order valence-electron chi connectivity index (χ3n) is 1.12. The van der Waals surface area contributed by atoms with E-state index in [-0.39, 0.29) is 13.0 Å². The molecule has 0 saturated carbocycles. The van der Waals surface area contributed by atoms with Crippen LogP contribution in [0.4, 0.5) is 4.39 Å². The largest absolute Gasteiger partial charge is 0.465 e. The fourth-order valence-corrected chi connectivity index (χ4v) is 0.587. The van der Waals surface area contributed by atoms with Crippen LogP contribution in [0.1, 0.15) is 13.3 Å². The zero-order chi connectivity index (χ0) is 8.69. The molecule has 0 aromatic carbocycles. The van der Waals surface area contributed by atoms with Crippen molar-refractivity contribution < 1.29 is 13.9 Å². The molecule has 62 valence electrons. The Morgan fingerprint density at radius 2 is 2.45 bits per heavy atom. The maximum atomic E-state index is 11.7. The van der Waals surface area contributed by atoms with Crippen molar-refractivity contribution >= 4 is 5.97 Å². The van der Waals surface area contributed by atoms with Crippen LogP contribution in [0.5, 0.6) is 0 Å². The highest BCUT2D eigenvalue weighted by atomic mass is 19.1. The van der Waals surface area contributed by atoms with E-state index in [9.17, 15) is 9.18 Å². The monoisotopic (exact) mass is 159 g/mol. The minimum atomic E-state index is -0.944. The van der Waals surface area contributed by atoms with Crippen LogP contribution in [-0.2, 0) is 9.53 Å². The summed E-state index contributed by atoms with van der Waals surface area (Å²) >= 11 is 0. The van der Waals surface area contributed by atoms with E-state index in [1.54, 1.807) is 13.0 Å². The minimum Gasteiger partial charge on any atom is -0.465 e. The lowest BCUT2D eigenvalue weighted by molar-refractivity contribution is -0.146. The van der Waals surface area contributed by atoms with Crippen molar-refractivity contribution in [1.82, 2.24) is 0 Å². The van der Waals surface area contributed by atoms with Gasteiger partial charge in [0.05, 0.1) is 19.4 Å². The Morgan fingerprint density at radius 3 is 2.82 bits per heavy atom. The van der Waals surface area contributed by atoms with Crippen molar-refractivity contribution in [2.45, 2.75) is 13.3 Å². The molecule has 0 aliphatic heterocycles. The number of hydrogen-bond donors (Lipinski definition) is 0. The van der Waals surface area contributed by atoms with Gasteiger partial charge in [0.2, 0.25) is 0 Å². The number of carbonyl (C=O) groups excluding carboxylic acids is 1. The Morgan fingerprint density at radius 1 is 1.82 bits per heavy atom. The van der Waals surface area contributed by atoms with E-state index in [1.165, 1.54) is 0 Å². The van der Waals surface area contributed by atoms with Crippen molar-refractivity contribution in [2.24, 2.45) is 5.92 Å². The lowest BCUT2D eigenvalue weighted by Crippen LogP contribution is -2.16. The lowest BCUT2D eigenvalue weighted by Gasteiger charge is -2.04. The Bertz CT molecular complexity index is 164. The highest BCUT2D eigenvalue weighted by Crippen LogP contribution is 2.04. The summed E-state index contributed by atoms with van der Waals surface area (Å²) < 4.78 is 16.2. The van der Waals surface area contributed by atoms with Crippen LogP contribution in [-0.4, -0.2) is 19.3 Å². The van der Waals surface area contributed by atoms with Gasteiger partial charge in [0.15, 0.2) is 0 Å². The number of carbonyl (C=O) groups is 1. The number of esters is 1. The minimum absolute atomic E-state index is 0.0741. The van der Waals surface area contributed by atoms with Crippen LogP contribution in [0.15, 0.2) is 0 Å². The highest BCUT2D eigenvalue weighted by Gasteiger charge is 2.17. The standard InChI is InChI=1S/C7H10FNO2/c1-2-11-7(10)6(5-9)3-4-8/h6H,2-4H2,1H3. The van der Waals surface area contributed by atoms with Crippen LogP contribution in [0, 0.1) is 17.2 Å². The molecule has 0 bridgehead atoms. The maximum Gasteiger partial charge on any atom is 0.323 e. The first-order valence-electron chi connectivity index (χ1n) is 3.38. The molecule has 0 aliphatic carbocycles. The van der Waals surface area contributed by atoms with Gasteiger partial charge in [-0.25, -0.2) is 0 Å². The van der Waals surface area contributed by atoms with Gasteiger partial charge in [-0.15, -0.1) is 0 Å². The molecule has 0 fully saturated rings. The molecule has 0 amide bonds. The predicted molar refractivity (Wildman–Crippen MR) is 36.3 cm³/mol. The van der Waals surface area contributed by atoms with Crippen molar-refractivity contribution in [3.63, 3.8) is 0 Å². The number of nitriles is 1. The summed E-state index contributed by atoms with van der Waals surface area (Å²) in [7, 11) is 0. The van der Waals surface area contributed by atoms with E-state index < -0.39 is 18.6 Å². The van der Waals surface area contributed by atoms with E-state index in [4.69, 9.17) is 5.26 Å². The molecule has 0 heterocycles. The highest BCUT2D eigenvalue weighted by molar-refractivity contribution is 5.75. The fourth-order valence-electron chi connectivity index (χ4n) is 0.587. The molecule has 0 N–H and O–H groups in total. The van der Waals surface area contributed by atoms with Gasteiger partial charge in [-0.1, -0.05) is 0 Å². The summed E-state index contributed by atoms with van der Waals surface area (Å²) in [5.41, 5.74) is 0. The fraction of sp³-hybridized carbons (Fsp3) is 0.714. The Kier molecular flexibility index (Phi) is 5.09. The molecule has 0 aliphatic rings. The van der Waals surface area contributed by atoms with Crippen molar-refractivity contribution in [3.05, 3.63) is 0 Å². The Balaban J connectivity index is 3.84. The van der Waals surface area contributed by atoms with Gasteiger partial charge in [0.25, 0.3) is 0 Å². The number of alkyl halides is 1. The quantitative estimate of drug-likeness (QED) is 0.576. The number of ether oxygens (including phenoxy) is 1. The van der Waals surface area contributed by atoms with Gasteiger partial charge in [-0.2, -0.15) is 5.26 Å². The molecule has 11 heavy (non-hydrogen) atoms. The van der Waals surface area contributed by atoms with Crippen LogP contribution in [0.25, 0.3) is 0 Å². The van der Waals surface area contributed by atoms with Gasteiger partial charge < -0.3 is 4.74 Å². The van der Waals surface area contributed by atoms with Gasteiger partial charge in [-0.3, -0.25) is 9.18 Å². The number of hydrogen-bond acceptors (Lipinski definition) is 3. The summed E-state index contributed by atoms with van der Waals surface area (Å²) in [5, 5.41) is 8.34. The summed E-state index contributed by atoms with van der Waals surface area (Å²) in [4.78, 5) is 10.8. The van der Waals surface area contributed by atoms with Crippen LogP contribution >= 0.6 is 0 Å². The van der Waals surface area contributed by atoms with Crippen molar-refractivity contribution in [2.75, 3.05) is 13.3 Å². The molecular formula is C7H10FNO2. The zero-order valence-corrected chi connectivity index (χ0v) is 6.34. The molecule has 0 aromatic rings. The maximum absolute atomic E-state index is 11.7. The first-order valence-corrected chi connectivity index (χ1v) is 3.38. The topological polar surface area (TPSA) is 50.1 Å². The van der Waals surface area contributed by atoms with Crippen LogP contribution in [0.3, 0.4) is 0 Å². The summed E-state index contributed by atoms with van der Waals surface area (Å²) in [6.07, 6.45) is -0.0741. The smallest absolute Gasteiger partial charge is 0.323 e. The SMILES string of the molecule is CCOC(=O)C(C#N)CCF. The second-order valence-corrected chi connectivity index (χ2v) is 1.91. The summed E-state index contributed by atoms with van der Waals surface area (Å²) in [6.45, 7) is 1.20. The van der Waals surface area contributed by atoms with Gasteiger partial charge in [0, 0.05) is 6.42 Å². The number of halogens is 1. The second kappa shape index (κ2) is 5.66. The molecule has 4 heteroatoms. The zero-order valence-electron chi connectivity index (χ0n) is 6.34. The number of nitrogens with zero attached hydrogens (tertiary/aromatic N) is 1. The molecule has 1 unspecified atom stereocenters. The molecule has 0 rings (SSSR count). The number of rotatable bonds is 4. The lowest BCUT2D eigenvalue weighted by atomic mass is 10.1. The predicted octanol–water partition coefficient (Wildman–Crippen LogP) is 1.05. The van der Waals surface area contributed by atoms with Gasteiger partial charge >= 0.3 is 5.97 Å². The third kappa shape index (κ3) is 3.56. The second-order valence-electron chi connectivity index (χ2n) is 1.91. The Hall–Kier alpha value is -1.11. The van der Waals surface area contributed by atoms with Gasteiger partial charge in [0.1, 0.15) is 5.92 Å². The van der Waals surface area contributed by atoms with Crippen LogP contribution < -0.4 is 0 Å². The van der Waals surface area contributed by atoms with Gasteiger partial charge in [-0.05, 0) is 6.92 Å². The molecular weight excluding hydrogens is 149 g/mol. The van der Waals surface area contributed by atoms with E-state index in [0.29, 0.717) is 0 Å². The normalized spacial score (nSPS) is 11.7. The van der Waals surface area contributed by atoms with E-state index >= 15 is 0 Å². The molecule has 1 atom stereocenters. The van der Waals surface area contributed by atoms with E-state index in [1.807, 2.05) is 0 Å². The molecule has 0 spiro atoms. The summed E-state index contributed by atoms with van der Waals surface area (Å²) in [5.74, 6) is -1.58. The van der Waals surface area contributed by atoms with E-state index in [0.717, 1.165) is 0 Å². The Labute approximate surface area is 64.8 Å². The average Bonchev–Trinajstić information content (AvgIpc) is 2.00. The van der Waals surface area contributed by atoms with Crippen LogP contribution in [0.2, 0.25) is 0 Å². The summed E-state index contributed by atoms with van der Waals surface area (Å²) in [6, 6.07) is 1.67. The third-order valence-corrected chi connectivity index (χ3v) is 1.12. The molecule has 0 radical (unpaired) electrons. The average molecular weight is 159 g/mol. The first-order chi connectivity index (χ1) is 5.26. The molecule has 0 saturated heterocycles. The van der Waals surface area contributed by atoms with Crippen molar-refractivity contribution in [1.29, 1.82) is 5.26 Å². The molecule has 0 aromatic heterocycles. The molecule has 3 nitrogen and oxygen atoms in total. The first kappa shape index (κ1) is 9.89. The van der Waals surface area contributed by atoms with Crippen molar-refractivity contribution in [3.8, 4) is 6.07 Å².